The van der Waals surface area contributed by atoms with Crippen molar-refractivity contribution in [2.45, 2.75) is 45.8 Å². The number of esters is 1. The van der Waals surface area contributed by atoms with Crippen LogP contribution in [0.4, 0.5) is 0 Å². The van der Waals surface area contributed by atoms with E-state index in [0.29, 0.717) is 18.8 Å². The van der Waals surface area contributed by atoms with Gasteiger partial charge < -0.3 is 24.6 Å². The van der Waals surface area contributed by atoms with Crippen LogP contribution in [0.1, 0.15) is 39.2 Å². The number of methoxy groups -OCH3 is 1. The molecule has 7 nitrogen and oxygen atoms in total. The molecule has 1 heterocycles. The maximum absolute atomic E-state index is 12.6. The van der Waals surface area contributed by atoms with Crippen LogP contribution in [0.25, 0.3) is 0 Å². The Morgan fingerprint density at radius 1 is 1.35 bits per heavy atom. The van der Waals surface area contributed by atoms with Crippen molar-refractivity contribution in [1.29, 1.82) is 0 Å². The Morgan fingerprint density at radius 2 is 2.00 bits per heavy atom. The van der Waals surface area contributed by atoms with Gasteiger partial charge in [0.15, 0.2) is 17.6 Å². The highest BCUT2D eigenvalue weighted by molar-refractivity contribution is 5.83. The third-order valence-corrected chi connectivity index (χ3v) is 5.29. The average Bonchev–Trinajstić information content (AvgIpc) is 2.92. The number of likely N-dealkylation sites (tertiary alicyclic amines) is 1. The van der Waals surface area contributed by atoms with E-state index in [9.17, 15) is 19.8 Å². The van der Waals surface area contributed by atoms with Crippen LogP contribution < -0.4 is 4.74 Å². The van der Waals surface area contributed by atoms with Gasteiger partial charge in [-0.3, -0.25) is 9.59 Å². The van der Waals surface area contributed by atoms with Gasteiger partial charge in [0.1, 0.15) is 0 Å². The zero-order valence-electron chi connectivity index (χ0n) is 15.9. The van der Waals surface area contributed by atoms with Crippen molar-refractivity contribution in [3.8, 4) is 11.5 Å². The average molecular weight is 365 g/mol. The predicted octanol–water partition coefficient (Wildman–Crippen LogP) is 1.67. The molecule has 0 aromatic heterocycles. The normalized spacial score (nSPS) is 24.8. The van der Waals surface area contributed by atoms with E-state index in [0.717, 1.165) is 5.56 Å². The van der Waals surface area contributed by atoms with Crippen LogP contribution in [0.5, 0.6) is 11.5 Å². The highest BCUT2D eigenvalue weighted by Gasteiger charge is 2.49. The summed E-state index contributed by atoms with van der Waals surface area (Å²) in [4.78, 5) is 25.4. The van der Waals surface area contributed by atoms with Crippen molar-refractivity contribution in [3.05, 3.63) is 23.8 Å². The standard InChI is InChI=1S/C19H27NO6/c1-11(26-13(3)22)18(24)20-9-15(19(4,10-20)12(2)21)14-6-7-17(25-5)16(23)8-14/h6-8,11-12,15,21,23H,9-10H2,1-5H3/t11-,12-,15+,19+/m1/s1. The molecule has 0 saturated carbocycles. The quantitative estimate of drug-likeness (QED) is 0.771. The van der Waals surface area contributed by atoms with Gasteiger partial charge in [-0.05, 0) is 31.5 Å². The second kappa shape index (κ2) is 7.53. The molecule has 0 radical (unpaired) electrons. The Morgan fingerprint density at radius 3 is 2.50 bits per heavy atom. The first-order valence-electron chi connectivity index (χ1n) is 8.61. The van der Waals surface area contributed by atoms with Crippen LogP contribution in [0, 0.1) is 5.41 Å². The van der Waals surface area contributed by atoms with Crippen molar-refractivity contribution < 1.29 is 29.3 Å². The minimum absolute atomic E-state index is 0.0102. The Labute approximate surface area is 153 Å². The highest BCUT2D eigenvalue weighted by Crippen LogP contribution is 2.46. The summed E-state index contributed by atoms with van der Waals surface area (Å²) < 4.78 is 10.1. The predicted molar refractivity (Wildman–Crippen MR) is 95.0 cm³/mol. The van der Waals surface area contributed by atoms with E-state index in [-0.39, 0.29) is 17.6 Å². The molecule has 1 aliphatic heterocycles. The number of aliphatic hydroxyl groups is 1. The lowest BCUT2D eigenvalue weighted by atomic mass is 9.72. The number of benzene rings is 1. The number of hydrogen-bond acceptors (Lipinski definition) is 6. The van der Waals surface area contributed by atoms with Gasteiger partial charge in [-0.25, -0.2) is 0 Å². The van der Waals surface area contributed by atoms with E-state index in [1.165, 1.54) is 21.0 Å². The lowest BCUT2D eigenvalue weighted by Crippen LogP contribution is -2.41. The van der Waals surface area contributed by atoms with Gasteiger partial charge in [-0.2, -0.15) is 0 Å². The Balaban J connectivity index is 2.31. The first-order valence-corrected chi connectivity index (χ1v) is 8.61. The number of phenolic OH excluding ortho intramolecular Hbond substituents is 1. The smallest absolute Gasteiger partial charge is 0.303 e. The number of carbonyl (C=O) groups is 2. The van der Waals surface area contributed by atoms with E-state index < -0.39 is 23.6 Å². The molecule has 2 N–H and O–H groups in total. The molecular weight excluding hydrogens is 338 g/mol. The topological polar surface area (TPSA) is 96.3 Å². The van der Waals surface area contributed by atoms with Gasteiger partial charge in [-0.1, -0.05) is 13.0 Å². The number of amides is 1. The zero-order valence-corrected chi connectivity index (χ0v) is 15.9. The molecule has 0 unspecified atom stereocenters. The van der Waals surface area contributed by atoms with Gasteiger partial charge in [0.25, 0.3) is 5.91 Å². The maximum Gasteiger partial charge on any atom is 0.303 e. The summed E-state index contributed by atoms with van der Waals surface area (Å²) in [5.41, 5.74) is 0.203. The number of phenols is 1. The molecule has 1 fully saturated rings. The molecule has 2 rings (SSSR count). The Hall–Kier alpha value is -2.28. The highest BCUT2D eigenvalue weighted by atomic mass is 16.5. The number of carbonyl (C=O) groups excluding carboxylic acids is 2. The minimum atomic E-state index is -0.881. The van der Waals surface area contributed by atoms with Gasteiger partial charge in [0.2, 0.25) is 0 Å². The summed E-state index contributed by atoms with van der Waals surface area (Å²) in [6.45, 7) is 7.09. The van der Waals surface area contributed by atoms with E-state index in [1.807, 2.05) is 13.0 Å². The van der Waals surface area contributed by atoms with Crippen molar-refractivity contribution in [2.24, 2.45) is 5.41 Å². The largest absolute Gasteiger partial charge is 0.504 e. The Kier molecular flexibility index (Phi) is 5.81. The maximum atomic E-state index is 12.6. The van der Waals surface area contributed by atoms with Crippen LogP contribution >= 0.6 is 0 Å². The van der Waals surface area contributed by atoms with Crippen molar-refractivity contribution in [3.63, 3.8) is 0 Å². The number of aliphatic hydroxyl groups excluding tert-OH is 1. The second-order valence-corrected chi connectivity index (χ2v) is 7.14. The zero-order chi connectivity index (χ0) is 19.6. The van der Waals surface area contributed by atoms with Crippen LogP contribution in [-0.2, 0) is 14.3 Å². The molecule has 4 atom stereocenters. The molecule has 1 aromatic carbocycles. The van der Waals surface area contributed by atoms with E-state index in [4.69, 9.17) is 9.47 Å². The van der Waals surface area contributed by atoms with E-state index in [2.05, 4.69) is 0 Å². The van der Waals surface area contributed by atoms with Crippen LogP contribution in [0.3, 0.4) is 0 Å². The molecule has 7 heteroatoms. The van der Waals surface area contributed by atoms with Gasteiger partial charge in [-0.15, -0.1) is 0 Å². The fraction of sp³-hybridized carbons (Fsp3) is 0.579. The number of aromatic hydroxyl groups is 1. The molecule has 1 saturated heterocycles. The summed E-state index contributed by atoms with van der Waals surface area (Å²) in [6.07, 6.45) is -1.56. The van der Waals surface area contributed by atoms with Gasteiger partial charge in [0, 0.05) is 31.3 Å². The van der Waals surface area contributed by atoms with Crippen LogP contribution in [-0.4, -0.2) is 59.4 Å². The number of nitrogens with zero attached hydrogens (tertiary/aromatic N) is 1. The van der Waals surface area contributed by atoms with Crippen molar-refractivity contribution >= 4 is 11.9 Å². The number of hydrogen-bond donors (Lipinski definition) is 2. The summed E-state index contributed by atoms with van der Waals surface area (Å²) in [5, 5.41) is 20.5. The lowest BCUT2D eigenvalue weighted by Gasteiger charge is -2.33. The monoisotopic (exact) mass is 365 g/mol. The molecule has 1 amide bonds. The van der Waals surface area contributed by atoms with Gasteiger partial charge in [0.05, 0.1) is 13.2 Å². The molecule has 1 aromatic rings. The van der Waals surface area contributed by atoms with E-state index >= 15 is 0 Å². The molecule has 1 aliphatic rings. The molecule has 0 bridgehead atoms. The van der Waals surface area contributed by atoms with Crippen molar-refractivity contribution in [2.75, 3.05) is 20.2 Å². The van der Waals surface area contributed by atoms with E-state index in [1.54, 1.807) is 24.0 Å². The van der Waals surface area contributed by atoms with Gasteiger partial charge >= 0.3 is 5.97 Å². The molecule has 144 valence electrons. The number of ether oxygens (including phenoxy) is 2. The molecule has 0 spiro atoms. The Bertz CT molecular complexity index is 689. The summed E-state index contributed by atoms with van der Waals surface area (Å²) in [6, 6.07) is 5.10. The molecule has 26 heavy (non-hydrogen) atoms. The number of rotatable bonds is 5. The summed E-state index contributed by atoms with van der Waals surface area (Å²) >= 11 is 0. The summed E-state index contributed by atoms with van der Waals surface area (Å²) in [5.74, 6) is -0.627. The molecule has 0 aliphatic carbocycles. The summed E-state index contributed by atoms with van der Waals surface area (Å²) in [7, 11) is 1.47. The van der Waals surface area contributed by atoms with Crippen LogP contribution in [0.15, 0.2) is 18.2 Å². The fourth-order valence-corrected chi connectivity index (χ4v) is 3.57. The first-order chi connectivity index (χ1) is 12.1. The van der Waals surface area contributed by atoms with Crippen LogP contribution in [0.2, 0.25) is 0 Å². The third kappa shape index (κ3) is 3.77. The third-order valence-electron chi connectivity index (χ3n) is 5.29. The molecular formula is C19H27NO6. The minimum Gasteiger partial charge on any atom is -0.504 e. The lowest BCUT2D eigenvalue weighted by molar-refractivity contribution is -0.157. The fourth-order valence-electron chi connectivity index (χ4n) is 3.57. The first kappa shape index (κ1) is 20.0. The van der Waals surface area contributed by atoms with Crippen molar-refractivity contribution in [1.82, 2.24) is 4.90 Å². The SMILES string of the molecule is COc1ccc([C@@H]2CN(C(=O)[C@@H](C)OC(C)=O)C[C@@]2(C)[C@@H](C)O)cc1O. The second-order valence-electron chi connectivity index (χ2n) is 7.14.